The molecule has 17 heavy (non-hydrogen) atoms. The number of rotatable bonds is 4. The van der Waals surface area contributed by atoms with Gasteiger partial charge in [-0.05, 0) is 75.8 Å². The molecule has 0 aromatic heterocycles. The second-order valence-corrected chi connectivity index (χ2v) is 6.69. The van der Waals surface area contributed by atoms with Gasteiger partial charge in [0.2, 0.25) is 0 Å². The van der Waals surface area contributed by atoms with Gasteiger partial charge in [0.15, 0.2) is 0 Å². The minimum Gasteiger partial charge on any atom is -0.328 e. The molecular formula is C15H28N2. The molecule has 0 radical (unpaired) electrons. The molecule has 3 saturated heterocycles. The Kier molecular flexibility index (Phi) is 3.45. The minimum atomic E-state index is 0.453. The standard InChI is InChI=1S/C15H28N2/c1-2-13(16)4-3-11-9-14-12-5-7-17(8-6-12)15(14)10-11/h11-15H,2-10,16H2,1H3. The van der Waals surface area contributed by atoms with Crippen molar-refractivity contribution < 1.29 is 0 Å². The summed E-state index contributed by atoms with van der Waals surface area (Å²) >= 11 is 0. The summed E-state index contributed by atoms with van der Waals surface area (Å²) in [5, 5.41) is 0. The van der Waals surface area contributed by atoms with Crippen molar-refractivity contribution in [2.45, 2.75) is 64.0 Å². The predicted molar refractivity (Wildman–Crippen MR) is 71.8 cm³/mol. The van der Waals surface area contributed by atoms with Crippen LogP contribution in [0.5, 0.6) is 0 Å². The molecule has 4 atom stereocenters. The summed E-state index contributed by atoms with van der Waals surface area (Å²) in [5.74, 6) is 3.12. The number of hydrogen-bond acceptors (Lipinski definition) is 2. The first kappa shape index (κ1) is 12.0. The van der Waals surface area contributed by atoms with E-state index in [-0.39, 0.29) is 0 Å². The molecule has 0 aromatic rings. The van der Waals surface area contributed by atoms with Crippen LogP contribution in [-0.4, -0.2) is 30.1 Å². The largest absolute Gasteiger partial charge is 0.328 e. The van der Waals surface area contributed by atoms with Gasteiger partial charge in [-0.2, -0.15) is 0 Å². The summed E-state index contributed by atoms with van der Waals surface area (Å²) in [6, 6.07) is 1.42. The Balaban J connectivity index is 1.54. The molecule has 1 saturated carbocycles. The van der Waals surface area contributed by atoms with Crippen LogP contribution in [0.15, 0.2) is 0 Å². The van der Waals surface area contributed by atoms with Crippen molar-refractivity contribution in [1.82, 2.24) is 4.90 Å². The molecule has 4 aliphatic rings. The van der Waals surface area contributed by atoms with Crippen molar-refractivity contribution in [3.8, 4) is 0 Å². The van der Waals surface area contributed by atoms with Crippen LogP contribution in [0.4, 0.5) is 0 Å². The number of hydrogen-bond donors (Lipinski definition) is 1. The fourth-order valence-corrected chi connectivity index (χ4v) is 4.65. The normalized spacial score (nSPS) is 45.9. The second kappa shape index (κ2) is 4.89. The molecule has 1 aliphatic carbocycles. The van der Waals surface area contributed by atoms with Gasteiger partial charge in [0, 0.05) is 12.1 Å². The maximum atomic E-state index is 6.05. The summed E-state index contributed by atoms with van der Waals surface area (Å²) in [6.45, 7) is 5.01. The number of fused-ring (bicyclic) bond motifs is 2. The molecule has 0 amide bonds. The van der Waals surface area contributed by atoms with E-state index < -0.39 is 0 Å². The number of nitrogens with zero attached hydrogens (tertiary/aromatic N) is 1. The molecular weight excluding hydrogens is 208 g/mol. The summed E-state index contributed by atoms with van der Waals surface area (Å²) in [5.41, 5.74) is 6.05. The lowest BCUT2D eigenvalue weighted by Gasteiger charge is -2.48. The monoisotopic (exact) mass is 236 g/mol. The maximum absolute atomic E-state index is 6.05. The zero-order valence-corrected chi connectivity index (χ0v) is 11.3. The Morgan fingerprint density at radius 1 is 1.24 bits per heavy atom. The molecule has 4 fully saturated rings. The predicted octanol–water partition coefficient (Wildman–Crippen LogP) is 2.62. The maximum Gasteiger partial charge on any atom is 0.0129 e. The van der Waals surface area contributed by atoms with Crippen LogP contribution < -0.4 is 5.73 Å². The lowest BCUT2D eigenvalue weighted by Crippen LogP contribution is -2.52. The van der Waals surface area contributed by atoms with Crippen molar-refractivity contribution in [2.75, 3.05) is 13.1 Å². The molecule has 2 N–H and O–H groups in total. The zero-order chi connectivity index (χ0) is 11.8. The highest BCUT2D eigenvalue weighted by molar-refractivity contribution is 5.00. The highest BCUT2D eigenvalue weighted by atomic mass is 15.2. The van der Waals surface area contributed by atoms with Crippen LogP contribution in [0.25, 0.3) is 0 Å². The van der Waals surface area contributed by atoms with Gasteiger partial charge in [0.1, 0.15) is 0 Å². The van der Waals surface area contributed by atoms with E-state index in [2.05, 4.69) is 11.8 Å². The summed E-state index contributed by atoms with van der Waals surface area (Å²) in [6.07, 6.45) is 9.77. The molecule has 3 heterocycles. The lowest BCUT2D eigenvalue weighted by atomic mass is 9.75. The van der Waals surface area contributed by atoms with E-state index in [0.29, 0.717) is 6.04 Å². The third-order valence-electron chi connectivity index (χ3n) is 5.79. The number of piperidine rings is 3. The van der Waals surface area contributed by atoms with Crippen molar-refractivity contribution in [3.63, 3.8) is 0 Å². The topological polar surface area (TPSA) is 29.3 Å². The van der Waals surface area contributed by atoms with E-state index in [1.807, 2.05) is 0 Å². The van der Waals surface area contributed by atoms with Crippen LogP contribution >= 0.6 is 0 Å². The molecule has 98 valence electrons. The van der Waals surface area contributed by atoms with Gasteiger partial charge >= 0.3 is 0 Å². The molecule has 2 bridgehead atoms. The van der Waals surface area contributed by atoms with Crippen LogP contribution in [-0.2, 0) is 0 Å². The van der Waals surface area contributed by atoms with Gasteiger partial charge in [-0.1, -0.05) is 6.92 Å². The van der Waals surface area contributed by atoms with Crippen LogP contribution in [0.3, 0.4) is 0 Å². The average Bonchev–Trinajstić information content (AvgIpc) is 2.83. The zero-order valence-electron chi connectivity index (χ0n) is 11.3. The quantitative estimate of drug-likeness (QED) is 0.813. The van der Waals surface area contributed by atoms with E-state index in [0.717, 1.165) is 30.2 Å². The Morgan fingerprint density at radius 3 is 2.65 bits per heavy atom. The van der Waals surface area contributed by atoms with E-state index in [1.54, 1.807) is 0 Å². The third-order valence-corrected chi connectivity index (χ3v) is 5.79. The lowest BCUT2D eigenvalue weighted by molar-refractivity contribution is 0.00792. The van der Waals surface area contributed by atoms with Gasteiger partial charge in [-0.15, -0.1) is 0 Å². The fourth-order valence-electron chi connectivity index (χ4n) is 4.65. The minimum absolute atomic E-state index is 0.453. The highest BCUT2D eigenvalue weighted by Crippen LogP contribution is 2.48. The van der Waals surface area contributed by atoms with Gasteiger partial charge < -0.3 is 10.6 Å². The molecule has 0 aromatic carbocycles. The SMILES string of the molecule is CCC(N)CCC1CC2C3CCN(CC3)C2C1. The van der Waals surface area contributed by atoms with Crippen molar-refractivity contribution >= 4 is 0 Å². The van der Waals surface area contributed by atoms with Crippen molar-refractivity contribution in [3.05, 3.63) is 0 Å². The van der Waals surface area contributed by atoms with Crippen molar-refractivity contribution in [2.24, 2.45) is 23.5 Å². The molecule has 2 heteroatoms. The Hall–Kier alpha value is -0.0800. The fraction of sp³-hybridized carbons (Fsp3) is 1.00. The van der Waals surface area contributed by atoms with Gasteiger partial charge in [-0.3, -0.25) is 0 Å². The summed E-state index contributed by atoms with van der Waals surface area (Å²) in [7, 11) is 0. The molecule has 3 aliphatic heterocycles. The summed E-state index contributed by atoms with van der Waals surface area (Å²) < 4.78 is 0. The molecule has 0 spiro atoms. The van der Waals surface area contributed by atoms with Crippen molar-refractivity contribution in [1.29, 1.82) is 0 Å². The highest BCUT2D eigenvalue weighted by Gasteiger charge is 2.47. The molecule has 4 unspecified atom stereocenters. The second-order valence-electron chi connectivity index (χ2n) is 6.69. The molecule has 4 rings (SSSR count). The van der Waals surface area contributed by atoms with Gasteiger partial charge in [0.05, 0.1) is 0 Å². The Bertz CT molecular complexity index is 238. The first-order valence-corrected chi connectivity index (χ1v) is 7.77. The van der Waals surface area contributed by atoms with Gasteiger partial charge in [0.25, 0.3) is 0 Å². The Labute approximate surface area is 106 Å². The average molecular weight is 236 g/mol. The van der Waals surface area contributed by atoms with Crippen LogP contribution in [0, 0.1) is 17.8 Å². The summed E-state index contributed by atoms with van der Waals surface area (Å²) in [4.78, 5) is 2.80. The first-order chi connectivity index (χ1) is 8.28. The van der Waals surface area contributed by atoms with E-state index >= 15 is 0 Å². The smallest absolute Gasteiger partial charge is 0.0129 e. The van der Waals surface area contributed by atoms with E-state index in [1.165, 1.54) is 51.6 Å². The van der Waals surface area contributed by atoms with Gasteiger partial charge in [-0.25, -0.2) is 0 Å². The van der Waals surface area contributed by atoms with Crippen LogP contribution in [0.2, 0.25) is 0 Å². The Morgan fingerprint density at radius 2 is 2.00 bits per heavy atom. The molecule has 2 nitrogen and oxygen atoms in total. The van der Waals surface area contributed by atoms with Crippen LogP contribution in [0.1, 0.15) is 51.9 Å². The first-order valence-electron chi connectivity index (χ1n) is 7.77. The van der Waals surface area contributed by atoms with E-state index in [4.69, 9.17) is 5.73 Å². The number of nitrogens with two attached hydrogens (primary N) is 1. The van der Waals surface area contributed by atoms with E-state index in [9.17, 15) is 0 Å². The third kappa shape index (κ3) is 2.26.